The van der Waals surface area contributed by atoms with Gasteiger partial charge in [-0.05, 0) is 26.0 Å². The molecule has 0 radical (unpaired) electrons. The Morgan fingerprint density at radius 1 is 1.26 bits per heavy atom. The third kappa shape index (κ3) is 4.11. The fraction of sp³-hybridized carbons (Fsp3) is 0.294. The van der Waals surface area contributed by atoms with Crippen LogP contribution in [0.5, 0.6) is 0 Å². The van der Waals surface area contributed by atoms with Crippen LogP contribution in [0.1, 0.15) is 36.3 Å². The Morgan fingerprint density at radius 2 is 2.00 bits per heavy atom. The molecule has 1 aromatic heterocycles. The summed E-state index contributed by atoms with van der Waals surface area (Å²) in [5, 5.41) is 2.32. The van der Waals surface area contributed by atoms with Crippen molar-refractivity contribution in [3.05, 3.63) is 71.7 Å². The average molecular weight is 256 g/mol. The molecule has 19 heavy (non-hydrogen) atoms. The predicted molar refractivity (Wildman–Crippen MR) is 77.7 cm³/mol. The topological polar surface area (TPSA) is 29.8 Å². The van der Waals surface area contributed by atoms with Gasteiger partial charge in [-0.3, -0.25) is 0 Å². The minimum absolute atomic E-state index is 0.406. The van der Waals surface area contributed by atoms with Crippen LogP contribution in [-0.4, -0.2) is 0 Å². The molecule has 2 nitrogen and oxygen atoms in total. The standard InChI is InChI=1S/C17H21NO/c1-13(2)11-17(15-8-6-14(3)7-9-15)18-12-16-5-4-10-19-16/h4-10,17-18H,1,11-12H2,2-3H3/p+1/t17-/m0/s1. The smallest absolute Gasteiger partial charge is 0.157 e. The van der Waals surface area contributed by atoms with Crippen LogP contribution >= 0.6 is 0 Å². The second-order valence-electron chi connectivity index (χ2n) is 5.20. The number of furan rings is 1. The Hall–Kier alpha value is -1.80. The van der Waals surface area contributed by atoms with E-state index >= 15 is 0 Å². The molecule has 1 heterocycles. The Bertz CT molecular complexity index is 511. The van der Waals surface area contributed by atoms with Gasteiger partial charge in [-0.1, -0.05) is 42.0 Å². The molecule has 2 aromatic rings. The minimum Gasteiger partial charge on any atom is -0.463 e. The fourth-order valence-electron chi connectivity index (χ4n) is 2.21. The Kier molecular flexibility index (Phi) is 4.58. The van der Waals surface area contributed by atoms with E-state index in [9.17, 15) is 0 Å². The van der Waals surface area contributed by atoms with Crippen molar-refractivity contribution < 1.29 is 9.73 Å². The quantitative estimate of drug-likeness (QED) is 0.789. The molecule has 0 fully saturated rings. The first-order valence-electron chi connectivity index (χ1n) is 6.72. The SMILES string of the molecule is C=C(C)C[C@H]([NH2+]Cc1ccco1)c1ccc(C)cc1. The molecule has 0 bridgehead atoms. The maximum atomic E-state index is 5.39. The highest BCUT2D eigenvalue weighted by molar-refractivity contribution is 5.23. The van der Waals surface area contributed by atoms with Gasteiger partial charge in [0.25, 0.3) is 0 Å². The number of nitrogens with two attached hydrogens (primary N) is 1. The third-order valence-electron chi connectivity index (χ3n) is 3.26. The van der Waals surface area contributed by atoms with E-state index in [-0.39, 0.29) is 0 Å². The lowest BCUT2D eigenvalue weighted by atomic mass is 9.99. The summed E-state index contributed by atoms with van der Waals surface area (Å²) in [5.74, 6) is 1.01. The highest BCUT2D eigenvalue weighted by atomic mass is 16.3. The van der Waals surface area contributed by atoms with Crippen LogP contribution in [0, 0.1) is 6.92 Å². The first kappa shape index (κ1) is 13.6. The van der Waals surface area contributed by atoms with Gasteiger partial charge in [0.05, 0.1) is 6.26 Å². The summed E-state index contributed by atoms with van der Waals surface area (Å²) in [4.78, 5) is 0. The van der Waals surface area contributed by atoms with Crippen LogP contribution in [0.3, 0.4) is 0 Å². The van der Waals surface area contributed by atoms with E-state index in [1.54, 1.807) is 6.26 Å². The third-order valence-corrected chi connectivity index (χ3v) is 3.26. The predicted octanol–water partition coefficient (Wildman–Crippen LogP) is 3.36. The Morgan fingerprint density at radius 3 is 2.58 bits per heavy atom. The molecule has 100 valence electrons. The minimum atomic E-state index is 0.406. The zero-order chi connectivity index (χ0) is 13.7. The van der Waals surface area contributed by atoms with E-state index in [0.29, 0.717) is 6.04 Å². The van der Waals surface area contributed by atoms with Crippen LogP contribution < -0.4 is 5.32 Å². The molecule has 0 saturated carbocycles. The first-order chi connectivity index (χ1) is 9.15. The van der Waals surface area contributed by atoms with Crippen molar-refractivity contribution in [1.82, 2.24) is 0 Å². The van der Waals surface area contributed by atoms with Crippen molar-refractivity contribution in [2.24, 2.45) is 0 Å². The zero-order valence-corrected chi connectivity index (χ0v) is 11.7. The van der Waals surface area contributed by atoms with Gasteiger partial charge in [-0.2, -0.15) is 0 Å². The van der Waals surface area contributed by atoms with Crippen LogP contribution in [-0.2, 0) is 6.54 Å². The molecule has 0 amide bonds. The second-order valence-corrected chi connectivity index (χ2v) is 5.20. The molecular weight excluding hydrogens is 234 g/mol. The summed E-state index contributed by atoms with van der Waals surface area (Å²) in [7, 11) is 0. The van der Waals surface area contributed by atoms with Crippen LogP contribution in [0.2, 0.25) is 0 Å². The first-order valence-corrected chi connectivity index (χ1v) is 6.72. The van der Waals surface area contributed by atoms with Gasteiger partial charge in [-0.15, -0.1) is 0 Å². The molecule has 1 atom stereocenters. The summed E-state index contributed by atoms with van der Waals surface area (Å²) >= 11 is 0. The second kappa shape index (κ2) is 6.39. The van der Waals surface area contributed by atoms with Crippen molar-refractivity contribution >= 4 is 0 Å². The lowest BCUT2D eigenvalue weighted by Gasteiger charge is -2.16. The molecular formula is C17H22NO+. The van der Waals surface area contributed by atoms with Crippen LogP contribution in [0.25, 0.3) is 0 Å². The number of aryl methyl sites for hydroxylation is 1. The maximum absolute atomic E-state index is 5.39. The highest BCUT2D eigenvalue weighted by Crippen LogP contribution is 2.17. The van der Waals surface area contributed by atoms with E-state index in [2.05, 4.69) is 50.0 Å². The van der Waals surface area contributed by atoms with Gasteiger partial charge in [0, 0.05) is 12.0 Å². The lowest BCUT2D eigenvalue weighted by molar-refractivity contribution is -0.712. The normalized spacial score (nSPS) is 12.3. The van der Waals surface area contributed by atoms with E-state index in [0.717, 1.165) is 18.7 Å². The molecule has 0 aliphatic carbocycles. The molecule has 0 aliphatic rings. The molecule has 1 aromatic carbocycles. The van der Waals surface area contributed by atoms with E-state index in [1.807, 2.05) is 12.1 Å². The summed E-state index contributed by atoms with van der Waals surface area (Å²) in [6, 6.07) is 13.1. The Labute approximate surface area is 115 Å². The van der Waals surface area contributed by atoms with Crippen molar-refractivity contribution in [2.75, 3.05) is 0 Å². The van der Waals surface area contributed by atoms with Gasteiger partial charge in [0.2, 0.25) is 0 Å². The summed E-state index contributed by atoms with van der Waals surface area (Å²) in [5.41, 5.74) is 3.85. The molecule has 2 rings (SSSR count). The molecule has 2 heteroatoms. The van der Waals surface area contributed by atoms with E-state index in [1.165, 1.54) is 16.7 Å². The van der Waals surface area contributed by atoms with E-state index < -0.39 is 0 Å². The Balaban J connectivity index is 2.06. The largest absolute Gasteiger partial charge is 0.463 e. The van der Waals surface area contributed by atoms with Gasteiger partial charge < -0.3 is 9.73 Å². The van der Waals surface area contributed by atoms with Gasteiger partial charge in [0.15, 0.2) is 5.76 Å². The lowest BCUT2D eigenvalue weighted by Crippen LogP contribution is -2.83. The van der Waals surface area contributed by atoms with Crippen molar-refractivity contribution in [1.29, 1.82) is 0 Å². The van der Waals surface area contributed by atoms with E-state index in [4.69, 9.17) is 4.42 Å². The number of hydrogen-bond donors (Lipinski definition) is 1. The summed E-state index contributed by atoms with van der Waals surface area (Å²) in [6.45, 7) is 9.10. The number of rotatable bonds is 6. The van der Waals surface area contributed by atoms with Gasteiger partial charge >= 0.3 is 0 Å². The van der Waals surface area contributed by atoms with Gasteiger partial charge in [0.1, 0.15) is 12.6 Å². The molecule has 2 N–H and O–H groups in total. The molecule has 0 aliphatic heterocycles. The number of quaternary nitrogens is 1. The van der Waals surface area contributed by atoms with Crippen LogP contribution in [0.4, 0.5) is 0 Å². The number of benzene rings is 1. The van der Waals surface area contributed by atoms with Crippen molar-refractivity contribution in [3.8, 4) is 0 Å². The zero-order valence-electron chi connectivity index (χ0n) is 11.7. The molecule has 0 unspecified atom stereocenters. The van der Waals surface area contributed by atoms with Crippen LogP contribution in [0.15, 0.2) is 59.2 Å². The molecule has 0 saturated heterocycles. The summed E-state index contributed by atoms with van der Waals surface area (Å²) in [6.07, 6.45) is 2.71. The number of hydrogen-bond acceptors (Lipinski definition) is 1. The van der Waals surface area contributed by atoms with Crippen molar-refractivity contribution in [2.45, 2.75) is 32.9 Å². The molecule has 0 spiro atoms. The van der Waals surface area contributed by atoms with Crippen molar-refractivity contribution in [3.63, 3.8) is 0 Å². The highest BCUT2D eigenvalue weighted by Gasteiger charge is 2.15. The maximum Gasteiger partial charge on any atom is 0.157 e. The monoisotopic (exact) mass is 256 g/mol. The fourth-order valence-corrected chi connectivity index (χ4v) is 2.21. The summed E-state index contributed by atoms with van der Waals surface area (Å²) < 4.78 is 5.39. The average Bonchev–Trinajstić information content (AvgIpc) is 2.88. The van der Waals surface area contributed by atoms with Gasteiger partial charge in [-0.25, -0.2) is 0 Å².